The van der Waals surface area contributed by atoms with Crippen molar-refractivity contribution in [3.8, 4) is 17.2 Å². The van der Waals surface area contributed by atoms with Crippen LogP contribution in [0, 0.1) is 10.1 Å². The van der Waals surface area contributed by atoms with E-state index in [0.29, 0.717) is 32.6 Å². The highest BCUT2D eigenvalue weighted by Gasteiger charge is 2.16. The molecule has 1 N–H and O–H groups in total. The quantitative estimate of drug-likeness (QED) is 0.292. The van der Waals surface area contributed by atoms with E-state index < -0.39 is 10.8 Å². The second-order valence-corrected chi connectivity index (χ2v) is 7.23. The smallest absolute Gasteiger partial charge is 0.273 e. The summed E-state index contributed by atoms with van der Waals surface area (Å²) in [6.07, 6.45) is 0. The average molecular weight is 458 g/mol. The molecule has 4 rings (SSSR count). The van der Waals surface area contributed by atoms with Gasteiger partial charge in [-0.05, 0) is 36.4 Å². The second-order valence-electron chi connectivity index (χ2n) is 6.39. The molecule has 4 aromatic rings. The molecule has 0 bridgehead atoms. The van der Waals surface area contributed by atoms with Gasteiger partial charge in [-0.3, -0.25) is 14.9 Å². The van der Waals surface area contributed by atoms with Crippen LogP contribution >= 0.6 is 23.2 Å². The topological polar surface area (TPSA) is 108 Å². The molecule has 0 spiro atoms. The van der Waals surface area contributed by atoms with Gasteiger partial charge in [-0.2, -0.15) is 0 Å². The fourth-order valence-electron chi connectivity index (χ4n) is 2.84. The van der Waals surface area contributed by atoms with Crippen LogP contribution < -0.4 is 10.1 Å². The van der Waals surface area contributed by atoms with E-state index in [0.717, 1.165) is 0 Å². The third-order valence-electron chi connectivity index (χ3n) is 4.27. The number of carbonyl (C=O) groups is 1. The van der Waals surface area contributed by atoms with Crippen LogP contribution in [0.5, 0.6) is 5.75 Å². The van der Waals surface area contributed by atoms with Crippen LogP contribution in [0.25, 0.3) is 22.6 Å². The van der Waals surface area contributed by atoms with Crippen LogP contribution in [0.3, 0.4) is 0 Å². The number of anilines is 1. The Balaban J connectivity index is 1.54. The van der Waals surface area contributed by atoms with Gasteiger partial charge in [-0.25, -0.2) is 4.98 Å². The summed E-state index contributed by atoms with van der Waals surface area (Å²) in [4.78, 5) is 27.2. The molecule has 0 aliphatic heterocycles. The predicted molar refractivity (Wildman–Crippen MR) is 117 cm³/mol. The van der Waals surface area contributed by atoms with Crippen molar-refractivity contribution in [2.45, 2.75) is 0 Å². The maximum Gasteiger partial charge on any atom is 0.273 e. The van der Waals surface area contributed by atoms with Crippen LogP contribution in [-0.2, 0) is 4.79 Å². The Labute approximate surface area is 185 Å². The van der Waals surface area contributed by atoms with E-state index in [9.17, 15) is 14.9 Å². The SMILES string of the molecule is O=C(COc1ccc(Cl)cc1Cl)Nc1ccccc1-c1nc2ccc([N+](=O)[O-])cc2o1. The summed E-state index contributed by atoms with van der Waals surface area (Å²) in [5.41, 5.74) is 1.59. The molecule has 8 nitrogen and oxygen atoms in total. The Kier molecular flexibility index (Phi) is 5.75. The van der Waals surface area contributed by atoms with E-state index in [-0.39, 0.29) is 23.8 Å². The lowest BCUT2D eigenvalue weighted by atomic mass is 10.1. The summed E-state index contributed by atoms with van der Waals surface area (Å²) >= 11 is 11.9. The number of carbonyl (C=O) groups excluding carboxylic acids is 1. The van der Waals surface area contributed by atoms with Crippen LogP contribution in [0.2, 0.25) is 10.0 Å². The number of rotatable bonds is 6. The van der Waals surface area contributed by atoms with E-state index in [1.807, 2.05) is 0 Å². The average Bonchev–Trinajstić information content (AvgIpc) is 3.16. The Hall–Kier alpha value is -3.62. The number of benzene rings is 3. The van der Waals surface area contributed by atoms with Crippen LogP contribution in [0.4, 0.5) is 11.4 Å². The second kappa shape index (κ2) is 8.63. The molecule has 0 saturated carbocycles. The molecule has 0 radical (unpaired) electrons. The van der Waals surface area contributed by atoms with Gasteiger partial charge in [-0.1, -0.05) is 35.3 Å². The first kappa shape index (κ1) is 20.6. The lowest BCUT2D eigenvalue weighted by molar-refractivity contribution is -0.384. The van der Waals surface area contributed by atoms with Crippen LogP contribution in [0.1, 0.15) is 0 Å². The Morgan fingerprint density at radius 1 is 1.13 bits per heavy atom. The highest BCUT2D eigenvalue weighted by molar-refractivity contribution is 6.35. The first-order valence-electron chi connectivity index (χ1n) is 8.93. The number of aromatic nitrogens is 1. The zero-order valence-corrected chi connectivity index (χ0v) is 17.2. The molecule has 1 heterocycles. The van der Waals surface area contributed by atoms with Gasteiger partial charge in [0, 0.05) is 11.1 Å². The highest BCUT2D eigenvalue weighted by Crippen LogP contribution is 2.32. The number of para-hydroxylation sites is 1. The number of ether oxygens (including phenoxy) is 1. The van der Waals surface area contributed by atoms with E-state index in [2.05, 4.69) is 10.3 Å². The molecule has 1 amide bonds. The number of nitrogens with one attached hydrogen (secondary N) is 1. The molecule has 0 aliphatic carbocycles. The number of hydrogen-bond donors (Lipinski definition) is 1. The number of nitrogens with zero attached hydrogens (tertiary/aromatic N) is 2. The number of amides is 1. The van der Waals surface area contributed by atoms with Crippen molar-refractivity contribution in [1.82, 2.24) is 4.98 Å². The van der Waals surface area contributed by atoms with Gasteiger partial charge in [0.2, 0.25) is 5.89 Å². The lowest BCUT2D eigenvalue weighted by Gasteiger charge is -2.11. The van der Waals surface area contributed by atoms with Crippen molar-refractivity contribution in [3.63, 3.8) is 0 Å². The number of halogens is 2. The molecule has 0 aliphatic rings. The van der Waals surface area contributed by atoms with Gasteiger partial charge in [-0.15, -0.1) is 0 Å². The standard InChI is InChI=1S/C21H13Cl2N3O5/c22-12-5-8-18(15(23)9-12)30-11-20(27)24-16-4-2-1-3-14(16)21-25-17-7-6-13(26(28)29)10-19(17)31-21/h1-10H,11H2,(H,24,27). The molecule has 31 heavy (non-hydrogen) atoms. The number of oxazole rings is 1. The minimum absolute atomic E-state index is 0.102. The zero-order valence-electron chi connectivity index (χ0n) is 15.7. The third-order valence-corrected chi connectivity index (χ3v) is 4.80. The van der Waals surface area contributed by atoms with Crippen molar-refractivity contribution >= 4 is 51.6 Å². The Bertz CT molecular complexity index is 1310. The van der Waals surface area contributed by atoms with Crippen molar-refractivity contribution < 1.29 is 18.9 Å². The van der Waals surface area contributed by atoms with Crippen molar-refractivity contribution in [2.24, 2.45) is 0 Å². The monoisotopic (exact) mass is 457 g/mol. The molecule has 0 saturated heterocycles. The maximum absolute atomic E-state index is 12.4. The minimum Gasteiger partial charge on any atom is -0.482 e. The summed E-state index contributed by atoms with van der Waals surface area (Å²) in [5, 5.41) is 14.5. The zero-order chi connectivity index (χ0) is 22.0. The Morgan fingerprint density at radius 3 is 2.71 bits per heavy atom. The van der Waals surface area contributed by atoms with Crippen molar-refractivity contribution in [3.05, 3.63) is 80.8 Å². The fourth-order valence-corrected chi connectivity index (χ4v) is 3.31. The van der Waals surface area contributed by atoms with Gasteiger partial charge in [0.05, 0.1) is 27.3 Å². The number of hydrogen-bond acceptors (Lipinski definition) is 6. The van der Waals surface area contributed by atoms with Gasteiger partial charge < -0.3 is 14.5 Å². The summed E-state index contributed by atoms with van der Waals surface area (Å²) in [5.74, 6) is 0.119. The molecule has 10 heteroatoms. The first-order chi connectivity index (χ1) is 14.9. The first-order valence-corrected chi connectivity index (χ1v) is 9.68. The number of non-ortho nitro benzene ring substituents is 1. The maximum atomic E-state index is 12.4. The highest BCUT2D eigenvalue weighted by atomic mass is 35.5. The summed E-state index contributed by atoms with van der Waals surface area (Å²) < 4.78 is 11.1. The van der Waals surface area contributed by atoms with Gasteiger partial charge in [0.1, 0.15) is 11.3 Å². The van der Waals surface area contributed by atoms with Crippen LogP contribution in [-0.4, -0.2) is 22.4 Å². The van der Waals surface area contributed by atoms with E-state index in [4.69, 9.17) is 32.4 Å². The van der Waals surface area contributed by atoms with E-state index >= 15 is 0 Å². The van der Waals surface area contributed by atoms with Gasteiger partial charge >= 0.3 is 0 Å². The van der Waals surface area contributed by atoms with Crippen molar-refractivity contribution in [2.75, 3.05) is 11.9 Å². The predicted octanol–water partition coefficient (Wildman–Crippen LogP) is 5.73. The molecule has 0 fully saturated rings. The molecule has 156 valence electrons. The van der Waals surface area contributed by atoms with Crippen LogP contribution in [0.15, 0.2) is 65.1 Å². The molecular weight excluding hydrogens is 445 g/mol. The lowest BCUT2D eigenvalue weighted by Crippen LogP contribution is -2.20. The van der Waals surface area contributed by atoms with E-state index in [1.165, 1.54) is 24.3 Å². The largest absolute Gasteiger partial charge is 0.482 e. The summed E-state index contributed by atoms with van der Waals surface area (Å²) in [7, 11) is 0. The molecule has 1 aromatic heterocycles. The van der Waals surface area contributed by atoms with E-state index in [1.54, 1.807) is 36.4 Å². The van der Waals surface area contributed by atoms with Gasteiger partial charge in [0.15, 0.2) is 12.2 Å². The Morgan fingerprint density at radius 2 is 1.94 bits per heavy atom. The minimum atomic E-state index is -0.511. The molecule has 0 atom stereocenters. The summed E-state index contributed by atoms with van der Waals surface area (Å²) in [6.45, 7) is -0.282. The number of nitro groups is 1. The number of fused-ring (bicyclic) bond motifs is 1. The normalized spacial score (nSPS) is 10.8. The summed E-state index contributed by atoms with van der Waals surface area (Å²) in [6, 6.07) is 15.7. The van der Waals surface area contributed by atoms with Gasteiger partial charge in [0.25, 0.3) is 11.6 Å². The third kappa shape index (κ3) is 4.60. The number of nitro benzene ring substituents is 1. The fraction of sp³-hybridized carbons (Fsp3) is 0.0476. The molecular formula is C21H13Cl2N3O5. The van der Waals surface area contributed by atoms with Crippen molar-refractivity contribution in [1.29, 1.82) is 0 Å². The molecule has 3 aromatic carbocycles. The molecule has 0 unspecified atom stereocenters.